The zero-order valence-electron chi connectivity index (χ0n) is 10.8. The maximum absolute atomic E-state index is 12.2. The van der Waals surface area contributed by atoms with Crippen LogP contribution in [0, 0.1) is 0 Å². The van der Waals surface area contributed by atoms with Gasteiger partial charge < -0.3 is 10.1 Å². The van der Waals surface area contributed by atoms with E-state index >= 15 is 0 Å². The summed E-state index contributed by atoms with van der Waals surface area (Å²) in [7, 11) is 1.36. The molecule has 0 aliphatic rings. The normalized spacial score (nSPS) is 12.1. The molecule has 0 fully saturated rings. The van der Waals surface area contributed by atoms with Gasteiger partial charge in [-0.3, -0.25) is 9.59 Å². The molecule has 0 bridgehead atoms. The molecule has 1 aromatic rings. The number of hydrogen-bond donors (Lipinski definition) is 1. The van der Waals surface area contributed by atoms with Crippen molar-refractivity contribution < 1.29 is 14.3 Å². The van der Waals surface area contributed by atoms with E-state index in [4.69, 9.17) is 0 Å². The van der Waals surface area contributed by atoms with Crippen LogP contribution >= 0.6 is 11.3 Å². The number of ketones is 1. The van der Waals surface area contributed by atoms with Gasteiger partial charge >= 0.3 is 5.97 Å². The predicted molar refractivity (Wildman–Crippen MR) is 72.0 cm³/mol. The van der Waals surface area contributed by atoms with Gasteiger partial charge in [0, 0.05) is 6.42 Å². The summed E-state index contributed by atoms with van der Waals surface area (Å²) < 4.78 is 4.60. The Labute approximate surface area is 111 Å². The van der Waals surface area contributed by atoms with E-state index in [1.165, 1.54) is 18.4 Å². The number of nitrogens with one attached hydrogen (secondary N) is 1. The summed E-state index contributed by atoms with van der Waals surface area (Å²) in [6, 6.07) is 3.36. The van der Waals surface area contributed by atoms with Crippen molar-refractivity contribution in [2.75, 3.05) is 13.7 Å². The Bertz CT molecular complexity index is 376. The highest BCUT2D eigenvalue weighted by Crippen LogP contribution is 2.14. The first-order valence-electron chi connectivity index (χ1n) is 6.07. The van der Waals surface area contributed by atoms with Crippen molar-refractivity contribution in [3.05, 3.63) is 22.4 Å². The lowest BCUT2D eigenvalue weighted by molar-refractivity contribution is -0.140. The SMILES string of the molecule is CCCNC(CCC(=O)OC)C(=O)c1cccs1. The minimum atomic E-state index is -0.303. The molecule has 0 radical (unpaired) electrons. The van der Waals surface area contributed by atoms with Crippen LogP contribution in [-0.2, 0) is 9.53 Å². The molecule has 0 aromatic carbocycles. The van der Waals surface area contributed by atoms with E-state index in [0.29, 0.717) is 6.42 Å². The third-order valence-electron chi connectivity index (χ3n) is 2.59. The van der Waals surface area contributed by atoms with Crippen LogP contribution < -0.4 is 5.32 Å². The van der Waals surface area contributed by atoms with Gasteiger partial charge in [0.05, 0.1) is 18.0 Å². The summed E-state index contributed by atoms with van der Waals surface area (Å²) in [6.07, 6.45) is 1.69. The molecule has 1 N–H and O–H groups in total. The zero-order chi connectivity index (χ0) is 13.4. The molecule has 1 rings (SSSR count). The predicted octanol–water partition coefficient (Wildman–Crippen LogP) is 2.25. The summed E-state index contributed by atoms with van der Waals surface area (Å²) >= 11 is 1.43. The molecule has 0 spiro atoms. The van der Waals surface area contributed by atoms with E-state index in [9.17, 15) is 9.59 Å². The summed E-state index contributed by atoms with van der Waals surface area (Å²) in [5.74, 6) is -0.223. The smallest absolute Gasteiger partial charge is 0.305 e. The van der Waals surface area contributed by atoms with Crippen molar-refractivity contribution in [2.24, 2.45) is 0 Å². The fourth-order valence-electron chi connectivity index (χ4n) is 1.60. The molecule has 18 heavy (non-hydrogen) atoms. The van der Waals surface area contributed by atoms with Gasteiger partial charge in [-0.15, -0.1) is 11.3 Å². The molecule has 0 saturated heterocycles. The first kappa shape index (κ1) is 14.9. The van der Waals surface area contributed by atoms with Crippen molar-refractivity contribution in [1.29, 1.82) is 0 Å². The Morgan fingerprint density at radius 3 is 2.83 bits per heavy atom. The average molecular weight is 269 g/mol. The Balaban J connectivity index is 2.59. The van der Waals surface area contributed by atoms with Crippen LogP contribution in [0.15, 0.2) is 17.5 Å². The summed E-state index contributed by atoms with van der Waals surface area (Å²) in [4.78, 5) is 24.1. The fraction of sp³-hybridized carbons (Fsp3) is 0.538. The van der Waals surface area contributed by atoms with Crippen LogP contribution in [0.4, 0.5) is 0 Å². The number of thiophene rings is 1. The molecule has 0 saturated carbocycles. The zero-order valence-corrected chi connectivity index (χ0v) is 11.6. The second-order valence-electron chi connectivity index (χ2n) is 3.96. The number of rotatable bonds is 8. The molecule has 1 aromatic heterocycles. The van der Waals surface area contributed by atoms with Crippen molar-refractivity contribution in [2.45, 2.75) is 32.2 Å². The largest absolute Gasteiger partial charge is 0.469 e. The minimum absolute atomic E-state index is 0.0577. The molecule has 1 heterocycles. The van der Waals surface area contributed by atoms with Crippen LogP contribution in [0.5, 0.6) is 0 Å². The monoisotopic (exact) mass is 269 g/mol. The molecule has 4 nitrogen and oxygen atoms in total. The van der Waals surface area contributed by atoms with Gasteiger partial charge in [-0.1, -0.05) is 13.0 Å². The topological polar surface area (TPSA) is 55.4 Å². The molecular formula is C13H19NO3S. The molecule has 0 aliphatic heterocycles. The number of esters is 1. The van der Waals surface area contributed by atoms with E-state index < -0.39 is 0 Å². The Morgan fingerprint density at radius 1 is 1.50 bits per heavy atom. The fourth-order valence-corrected chi connectivity index (χ4v) is 2.32. The van der Waals surface area contributed by atoms with E-state index in [2.05, 4.69) is 10.1 Å². The van der Waals surface area contributed by atoms with E-state index in [-0.39, 0.29) is 24.2 Å². The first-order valence-corrected chi connectivity index (χ1v) is 6.95. The molecule has 1 atom stereocenters. The van der Waals surface area contributed by atoms with E-state index in [1.54, 1.807) is 0 Å². The van der Waals surface area contributed by atoms with Gasteiger partial charge in [-0.25, -0.2) is 0 Å². The van der Waals surface area contributed by atoms with Gasteiger partial charge in [-0.2, -0.15) is 0 Å². The average Bonchev–Trinajstić information content (AvgIpc) is 2.91. The van der Waals surface area contributed by atoms with Gasteiger partial charge in [-0.05, 0) is 30.8 Å². The highest BCUT2D eigenvalue weighted by Gasteiger charge is 2.21. The molecular weight excluding hydrogens is 250 g/mol. The Hall–Kier alpha value is -1.20. The number of hydrogen-bond acceptors (Lipinski definition) is 5. The molecule has 1 unspecified atom stereocenters. The summed E-state index contributed by atoms with van der Waals surface area (Å²) in [5.41, 5.74) is 0. The summed E-state index contributed by atoms with van der Waals surface area (Å²) in [6.45, 7) is 2.81. The number of Topliss-reactive ketones (excluding diaryl/α,β-unsaturated/α-hetero) is 1. The van der Waals surface area contributed by atoms with Gasteiger partial charge in [0.15, 0.2) is 5.78 Å². The second-order valence-corrected chi connectivity index (χ2v) is 4.91. The van der Waals surface area contributed by atoms with Crippen molar-refractivity contribution in [1.82, 2.24) is 5.32 Å². The van der Waals surface area contributed by atoms with Crippen molar-refractivity contribution >= 4 is 23.1 Å². The highest BCUT2D eigenvalue weighted by molar-refractivity contribution is 7.12. The first-order chi connectivity index (χ1) is 8.69. The maximum atomic E-state index is 12.2. The molecule has 0 aliphatic carbocycles. The van der Waals surface area contributed by atoms with Crippen molar-refractivity contribution in [3.8, 4) is 0 Å². The standard InChI is InChI=1S/C13H19NO3S/c1-3-8-14-10(6-7-12(15)17-2)13(16)11-5-4-9-18-11/h4-5,9-10,14H,3,6-8H2,1-2H3. The quantitative estimate of drug-likeness (QED) is 0.581. The molecule has 5 heteroatoms. The second kappa shape index (κ2) is 8.00. The lowest BCUT2D eigenvalue weighted by atomic mass is 10.1. The highest BCUT2D eigenvalue weighted by atomic mass is 32.1. The molecule has 100 valence electrons. The van der Waals surface area contributed by atoms with Crippen LogP contribution in [0.25, 0.3) is 0 Å². The van der Waals surface area contributed by atoms with Crippen LogP contribution in [0.2, 0.25) is 0 Å². The van der Waals surface area contributed by atoms with Crippen LogP contribution in [0.1, 0.15) is 35.9 Å². The minimum Gasteiger partial charge on any atom is -0.469 e. The molecule has 0 amide bonds. The Morgan fingerprint density at radius 2 is 2.28 bits per heavy atom. The maximum Gasteiger partial charge on any atom is 0.305 e. The lowest BCUT2D eigenvalue weighted by Crippen LogP contribution is -2.37. The lowest BCUT2D eigenvalue weighted by Gasteiger charge is -2.15. The summed E-state index contributed by atoms with van der Waals surface area (Å²) in [5, 5.41) is 5.07. The van der Waals surface area contributed by atoms with Crippen LogP contribution in [0.3, 0.4) is 0 Å². The van der Waals surface area contributed by atoms with E-state index in [0.717, 1.165) is 17.8 Å². The van der Waals surface area contributed by atoms with Gasteiger partial charge in [0.2, 0.25) is 0 Å². The number of carbonyl (C=O) groups excluding carboxylic acids is 2. The van der Waals surface area contributed by atoms with Crippen LogP contribution in [-0.4, -0.2) is 31.4 Å². The number of ether oxygens (including phenoxy) is 1. The van der Waals surface area contributed by atoms with E-state index in [1.807, 2.05) is 24.4 Å². The third-order valence-corrected chi connectivity index (χ3v) is 3.47. The Kier molecular flexibility index (Phi) is 6.60. The van der Waals surface area contributed by atoms with Crippen molar-refractivity contribution in [3.63, 3.8) is 0 Å². The number of methoxy groups -OCH3 is 1. The number of carbonyl (C=O) groups is 2. The van der Waals surface area contributed by atoms with Gasteiger partial charge in [0.1, 0.15) is 0 Å². The third kappa shape index (κ3) is 4.58. The van der Waals surface area contributed by atoms with Gasteiger partial charge in [0.25, 0.3) is 0 Å².